The van der Waals surface area contributed by atoms with Gasteiger partial charge in [-0.1, -0.05) is 30.3 Å². The number of aromatic nitrogens is 1. The van der Waals surface area contributed by atoms with Crippen molar-refractivity contribution in [2.75, 3.05) is 23.3 Å². The molecule has 120 valence electrons. The molecule has 1 aliphatic rings. The van der Waals surface area contributed by atoms with Gasteiger partial charge in [-0.15, -0.1) is 0 Å². The Balaban J connectivity index is 1.56. The predicted octanol–water partition coefficient (Wildman–Crippen LogP) is 2.19. The van der Waals surface area contributed by atoms with Gasteiger partial charge in [-0.25, -0.2) is 4.98 Å². The quantitative estimate of drug-likeness (QED) is 0.888. The van der Waals surface area contributed by atoms with E-state index in [-0.39, 0.29) is 5.91 Å². The molecule has 0 radical (unpaired) electrons. The number of benzene rings is 1. The van der Waals surface area contributed by atoms with E-state index >= 15 is 0 Å². The van der Waals surface area contributed by atoms with Crippen LogP contribution in [0.25, 0.3) is 0 Å². The van der Waals surface area contributed by atoms with E-state index in [2.05, 4.69) is 15.2 Å². The minimum absolute atomic E-state index is 0.190. The summed E-state index contributed by atoms with van der Waals surface area (Å²) in [7, 11) is 0. The van der Waals surface area contributed by atoms with Crippen LogP contribution in [0, 0.1) is 0 Å². The average Bonchev–Trinajstić information content (AvgIpc) is 3.11. The zero-order chi connectivity index (χ0) is 16.1. The van der Waals surface area contributed by atoms with Gasteiger partial charge in [0.05, 0.1) is 17.9 Å². The molecule has 3 rings (SSSR count). The number of anilines is 2. The Kier molecular flexibility index (Phi) is 4.88. The van der Waals surface area contributed by atoms with Crippen LogP contribution >= 0.6 is 0 Å². The van der Waals surface area contributed by atoms with Crippen molar-refractivity contribution in [3.05, 3.63) is 54.2 Å². The molecule has 1 amide bonds. The normalized spacial score (nSPS) is 15.4. The number of amides is 1. The first-order chi connectivity index (χ1) is 11.2. The topological polar surface area (TPSA) is 71.2 Å². The van der Waals surface area contributed by atoms with Gasteiger partial charge in [0.25, 0.3) is 0 Å². The smallest absolute Gasteiger partial charge is 0.241 e. The molecule has 0 unspecified atom stereocenters. The van der Waals surface area contributed by atoms with Gasteiger partial charge >= 0.3 is 0 Å². The number of hydrogen-bond donors (Lipinski definition) is 2. The van der Waals surface area contributed by atoms with E-state index in [1.54, 1.807) is 6.20 Å². The van der Waals surface area contributed by atoms with Crippen LogP contribution in [0.3, 0.4) is 0 Å². The van der Waals surface area contributed by atoms with Crippen molar-refractivity contribution in [1.29, 1.82) is 0 Å². The van der Waals surface area contributed by atoms with Crippen LogP contribution in [0.1, 0.15) is 18.4 Å². The van der Waals surface area contributed by atoms with E-state index < -0.39 is 6.04 Å². The SMILES string of the molecule is N[C@@H](Cc1ccccc1)C(=O)Nc1ccc(N2CCCC2)nc1. The highest BCUT2D eigenvalue weighted by molar-refractivity contribution is 5.94. The Morgan fingerprint density at radius 3 is 2.57 bits per heavy atom. The molecular weight excluding hydrogens is 288 g/mol. The summed E-state index contributed by atoms with van der Waals surface area (Å²) in [5.41, 5.74) is 7.72. The number of nitrogens with one attached hydrogen (secondary N) is 1. The van der Waals surface area contributed by atoms with Gasteiger partial charge in [0.2, 0.25) is 5.91 Å². The number of pyridine rings is 1. The zero-order valence-corrected chi connectivity index (χ0v) is 13.1. The summed E-state index contributed by atoms with van der Waals surface area (Å²) in [4.78, 5) is 18.9. The molecule has 23 heavy (non-hydrogen) atoms. The van der Waals surface area contributed by atoms with Crippen LogP contribution < -0.4 is 16.0 Å². The summed E-state index contributed by atoms with van der Waals surface area (Å²) in [6.07, 6.45) is 4.65. The summed E-state index contributed by atoms with van der Waals surface area (Å²) in [6, 6.07) is 13.0. The first kappa shape index (κ1) is 15.5. The van der Waals surface area contributed by atoms with E-state index in [1.807, 2.05) is 42.5 Å². The number of hydrogen-bond acceptors (Lipinski definition) is 4. The summed E-state index contributed by atoms with van der Waals surface area (Å²) >= 11 is 0. The van der Waals surface area contributed by atoms with Gasteiger partial charge < -0.3 is 16.0 Å². The second-order valence-corrected chi connectivity index (χ2v) is 5.88. The van der Waals surface area contributed by atoms with Crippen molar-refractivity contribution >= 4 is 17.4 Å². The molecule has 0 aliphatic carbocycles. The molecule has 1 atom stereocenters. The molecule has 0 spiro atoms. The third-order valence-corrected chi connectivity index (χ3v) is 4.08. The fourth-order valence-electron chi connectivity index (χ4n) is 2.79. The number of carbonyl (C=O) groups is 1. The molecule has 1 saturated heterocycles. The van der Waals surface area contributed by atoms with E-state index in [1.165, 1.54) is 12.8 Å². The lowest BCUT2D eigenvalue weighted by Crippen LogP contribution is -2.37. The van der Waals surface area contributed by atoms with Crippen molar-refractivity contribution in [2.24, 2.45) is 5.73 Å². The van der Waals surface area contributed by atoms with Crippen molar-refractivity contribution in [3.8, 4) is 0 Å². The maximum Gasteiger partial charge on any atom is 0.241 e. The highest BCUT2D eigenvalue weighted by atomic mass is 16.2. The van der Waals surface area contributed by atoms with Crippen molar-refractivity contribution in [1.82, 2.24) is 4.98 Å². The number of rotatable bonds is 5. The van der Waals surface area contributed by atoms with E-state index in [0.29, 0.717) is 12.1 Å². The third-order valence-electron chi connectivity index (χ3n) is 4.08. The Labute approximate surface area is 136 Å². The van der Waals surface area contributed by atoms with Crippen LogP contribution in [0.15, 0.2) is 48.7 Å². The van der Waals surface area contributed by atoms with Gasteiger partial charge in [0, 0.05) is 13.1 Å². The summed E-state index contributed by atoms with van der Waals surface area (Å²) in [6.45, 7) is 2.11. The maximum absolute atomic E-state index is 12.2. The molecule has 1 fully saturated rings. The fraction of sp³-hybridized carbons (Fsp3) is 0.333. The first-order valence-corrected chi connectivity index (χ1v) is 8.04. The lowest BCUT2D eigenvalue weighted by molar-refractivity contribution is -0.117. The molecule has 0 bridgehead atoms. The van der Waals surface area contributed by atoms with Crippen LogP contribution in [0.2, 0.25) is 0 Å². The number of carbonyl (C=O) groups excluding carboxylic acids is 1. The lowest BCUT2D eigenvalue weighted by Gasteiger charge is -2.17. The summed E-state index contributed by atoms with van der Waals surface area (Å²) in [5, 5.41) is 2.83. The van der Waals surface area contributed by atoms with E-state index in [0.717, 1.165) is 24.5 Å². The summed E-state index contributed by atoms with van der Waals surface area (Å²) in [5.74, 6) is 0.777. The zero-order valence-electron chi connectivity index (χ0n) is 13.1. The lowest BCUT2D eigenvalue weighted by atomic mass is 10.1. The highest BCUT2D eigenvalue weighted by Gasteiger charge is 2.16. The van der Waals surface area contributed by atoms with Crippen molar-refractivity contribution in [3.63, 3.8) is 0 Å². The standard InChI is InChI=1S/C18H22N4O/c19-16(12-14-6-2-1-3-7-14)18(23)21-15-8-9-17(20-13-15)22-10-4-5-11-22/h1-3,6-9,13,16H,4-5,10-12,19H2,(H,21,23)/t16-/m0/s1. The maximum atomic E-state index is 12.2. The number of nitrogens with two attached hydrogens (primary N) is 1. The second-order valence-electron chi connectivity index (χ2n) is 5.88. The minimum atomic E-state index is -0.573. The molecule has 3 N–H and O–H groups in total. The van der Waals surface area contributed by atoms with Gasteiger partial charge in [0.15, 0.2) is 0 Å². The van der Waals surface area contributed by atoms with Gasteiger partial charge in [-0.3, -0.25) is 4.79 Å². The summed E-state index contributed by atoms with van der Waals surface area (Å²) < 4.78 is 0. The van der Waals surface area contributed by atoms with E-state index in [9.17, 15) is 4.79 Å². The molecule has 5 nitrogen and oxygen atoms in total. The number of nitrogens with zero attached hydrogens (tertiary/aromatic N) is 2. The Morgan fingerprint density at radius 2 is 1.91 bits per heavy atom. The second kappa shape index (κ2) is 7.24. The van der Waals surface area contributed by atoms with Crippen molar-refractivity contribution in [2.45, 2.75) is 25.3 Å². The predicted molar refractivity (Wildman–Crippen MR) is 92.4 cm³/mol. The van der Waals surface area contributed by atoms with Crippen LogP contribution in [0.4, 0.5) is 11.5 Å². The molecule has 2 heterocycles. The molecule has 1 aliphatic heterocycles. The van der Waals surface area contributed by atoms with Crippen LogP contribution in [0.5, 0.6) is 0 Å². The van der Waals surface area contributed by atoms with Crippen LogP contribution in [-0.4, -0.2) is 30.0 Å². The largest absolute Gasteiger partial charge is 0.357 e. The highest BCUT2D eigenvalue weighted by Crippen LogP contribution is 2.19. The van der Waals surface area contributed by atoms with Crippen LogP contribution in [-0.2, 0) is 11.2 Å². The minimum Gasteiger partial charge on any atom is -0.357 e. The Hall–Kier alpha value is -2.40. The van der Waals surface area contributed by atoms with Gasteiger partial charge in [-0.05, 0) is 37.0 Å². The monoisotopic (exact) mass is 310 g/mol. The Morgan fingerprint density at radius 1 is 1.17 bits per heavy atom. The van der Waals surface area contributed by atoms with Gasteiger partial charge in [-0.2, -0.15) is 0 Å². The van der Waals surface area contributed by atoms with E-state index in [4.69, 9.17) is 5.73 Å². The van der Waals surface area contributed by atoms with Crippen molar-refractivity contribution < 1.29 is 4.79 Å². The molecule has 5 heteroatoms. The molecule has 0 saturated carbocycles. The average molecular weight is 310 g/mol. The molecular formula is C18H22N4O. The fourth-order valence-corrected chi connectivity index (χ4v) is 2.79. The third kappa shape index (κ3) is 4.07. The molecule has 1 aromatic heterocycles. The Bertz CT molecular complexity index is 636. The molecule has 2 aromatic rings. The van der Waals surface area contributed by atoms with Gasteiger partial charge in [0.1, 0.15) is 5.82 Å². The molecule has 1 aromatic carbocycles. The first-order valence-electron chi connectivity index (χ1n) is 8.04.